The maximum Gasteiger partial charge on any atom is 0.270 e. The number of nitro benzene ring substituents is 1. The number of nitrogens with one attached hydrogen (secondary N) is 2. The summed E-state index contributed by atoms with van der Waals surface area (Å²) in [6.07, 6.45) is 1.47. The molecule has 4 rings (SSSR count). The SMILES string of the molecule is O=C(Cc1ccc([N+](=O)[O-])cc1)NNC(=O)c1cc(-c2ccco2)nc2ccccc12. The van der Waals surface area contributed by atoms with Crippen molar-refractivity contribution < 1.29 is 18.9 Å². The van der Waals surface area contributed by atoms with E-state index in [1.54, 1.807) is 36.4 Å². The van der Waals surface area contributed by atoms with Crippen LogP contribution in [0.5, 0.6) is 0 Å². The lowest BCUT2D eigenvalue weighted by molar-refractivity contribution is -0.384. The second-order valence-corrected chi connectivity index (χ2v) is 6.65. The van der Waals surface area contributed by atoms with Crippen LogP contribution in [-0.2, 0) is 11.2 Å². The van der Waals surface area contributed by atoms with Gasteiger partial charge in [0.1, 0.15) is 5.69 Å². The van der Waals surface area contributed by atoms with E-state index in [1.807, 2.05) is 6.07 Å². The number of nitrogens with zero attached hydrogens (tertiary/aromatic N) is 2. The van der Waals surface area contributed by atoms with Gasteiger partial charge in [-0.15, -0.1) is 0 Å². The molecule has 154 valence electrons. The minimum atomic E-state index is -0.514. The molecular formula is C22H16N4O5. The first-order chi connectivity index (χ1) is 15.0. The van der Waals surface area contributed by atoms with E-state index < -0.39 is 16.7 Å². The molecule has 2 aromatic heterocycles. The third-order valence-corrected chi connectivity index (χ3v) is 4.56. The number of carbonyl (C=O) groups is 2. The summed E-state index contributed by atoms with van der Waals surface area (Å²) in [7, 11) is 0. The molecule has 0 spiro atoms. The zero-order valence-corrected chi connectivity index (χ0v) is 16.1. The summed E-state index contributed by atoms with van der Waals surface area (Å²) in [5, 5.41) is 11.3. The second-order valence-electron chi connectivity index (χ2n) is 6.65. The number of aromatic nitrogens is 1. The number of benzene rings is 2. The van der Waals surface area contributed by atoms with Gasteiger partial charge in [0.2, 0.25) is 5.91 Å². The number of hydrazine groups is 1. The normalized spacial score (nSPS) is 10.6. The first kappa shape index (κ1) is 19.8. The number of carbonyl (C=O) groups excluding carboxylic acids is 2. The number of hydrogen-bond acceptors (Lipinski definition) is 6. The molecule has 0 bridgehead atoms. The quantitative estimate of drug-likeness (QED) is 0.379. The Morgan fingerprint density at radius 1 is 1.00 bits per heavy atom. The van der Waals surface area contributed by atoms with Gasteiger partial charge in [0.05, 0.1) is 28.7 Å². The van der Waals surface area contributed by atoms with Crippen molar-refractivity contribution >= 4 is 28.4 Å². The Morgan fingerprint density at radius 2 is 1.77 bits per heavy atom. The number of fused-ring (bicyclic) bond motifs is 1. The summed E-state index contributed by atoms with van der Waals surface area (Å²) < 4.78 is 5.38. The zero-order valence-electron chi connectivity index (χ0n) is 16.1. The maximum atomic E-state index is 12.8. The van der Waals surface area contributed by atoms with Gasteiger partial charge in [-0.2, -0.15) is 0 Å². The molecule has 0 radical (unpaired) electrons. The van der Waals surface area contributed by atoms with Crippen molar-refractivity contribution in [3.05, 3.63) is 94.2 Å². The molecule has 2 heterocycles. The van der Waals surface area contributed by atoms with Crippen LogP contribution in [0.15, 0.2) is 77.4 Å². The van der Waals surface area contributed by atoms with Crippen LogP contribution in [0.1, 0.15) is 15.9 Å². The summed E-state index contributed by atoms with van der Waals surface area (Å²) in [6, 6.07) is 17.8. The van der Waals surface area contributed by atoms with E-state index in [2.05, 4.69) is 15.8 Å². The predicted molar refractivity (Wildman–Crippen MR) is 112 cm³/mol. The van der Waals surface area contributed by atoms with Crippen molar-refractivity contribution in [2.75, 3.05) is 0 Å². The van der Waals surface area contributed by atoms with E-state index in [0.29, 0.717) is 33.5 Å². The molecule has 2 amide bonds. The van der Waals surface area contributed by atoms with Crippen molar-refractivity contribution in [3.8, 4) is 11.5 Å². The number of para-hydroxylation sites is 1. The summed E-state index contributed by atoms with van der Waals surface area (Å²) in [5.74, 6) is -0.461. The van der Waals surface area contributed by atoms with Gasteiger partial charge in [-0.05, 0) is 29.8 Å². The Bertz CT molecular complexity index is 1270. The smallest absolute Gasteiger partial charge is 0.270 e. The fraction of sp³-hybridized carbons (Fsp3) is 0.0455. The van der Waals surface area contributed by atoms with Crippen LogP contribution in [0.2, 0.25) is 0 Å². The van der Waals surface area contributed by atoms with Crippen molar-refractivity contribution in [1.82, 2.24) is 15.8 Å². The summed E-state index contributed by atoms with van der Waals surface area (Å²) >= 11 is 0. The van der Waals surface area contributed by atoms with Crippen LogP contribution < -0.4 is 10.9 Å². The molecule has 31 heavy (non-hydrogen) atoms. The molecule has 0 aliphatic carbocycles. The fourth-order valence-corrected chi connectivity index (χ4v) is 3.07. The van der Waals surface area contributed by atoms with Gasteiger partial charge in [-0.3, -0.25) is 30.6 Å². The van der Waals surface area contributed by atoms with E-state index in [9.17, 15) is 19.7 Å². The number of pyridine rings is 1. The third-order valence-electron chi connectivity index (χ3n) is 4.56. The molecule has 2 aromatic carbocycles. The van der Waals surface area contributed by atoms with Crippen molar-refractivity contribution in [2.45, 2.75) is 6.42 Å². The number of hydrogen-bond donors (Lipinski definition) is 2. The average molecular weight is 416 g/mol. The molecule has 2 N–H and O–H groups in total. The average Bonchev–Trinajstić information content (AvgIpc) is 3.32. The lowest BCUT2D eigenvalue weighted by Crippen LogP contribution is -2.42. The van der Waals surface area contributed by atoms with Crippen LogP contribution in [0.25, 0.3) is 22.4 Å². The number of furan rings is 1. The molecule has 0 fully saturated rings. The number of rotatable bonds is 5. The Morgan fingerprint density at radius 3 is 2.48 bits per heavy atom. The van der Waals surface area contributed by atoms with E-state index >= 15 is 0 Å². The van der Waals surface area contributed by atoms with Gasteiger partial charge in [0.15, 0.2) is 5.76 Å². The van der Waals surface area contributed by atoms with E-state index in [0.717, 1.165) is 0 Å². The highest BCUT2D eigenvalue weighted by atomic mass is 16.6. The molecule has 9 heteroatoms. The highest BCUT2D eigenvalue weighted by molar-refractivity contribution is 6.07. The maximum absolute atomic E-state index is 12.8. The van der Waals surface area contributed by atoms with Gasteiger partial charge >= 0.3 is 0 Å². The van der Waals surface area contributed by atoms with Crippen molar-refractivity contribution in [3.63, 3.8) is 0 Å². The number of amides is 2. The van der Waals surface area contributed by atoms with Crippen LogP contribution in [-0.4, -0.2) is 21.7 Å². The largest absolute Gasteiger partial charge is 0.463 e. The minimum Gasteiger partial charge on any atom is -0.463 e. The van der Waals surface area contributed by atoms with Gasteiger partial charge < -0.3 is 4.42 Å². The number of non-ortho nitro benzene ring substituents is 1. The monoisotopic (exact) mass is 416 g/mol. The standard InChI is InChI=1S/C22H16N4O5/c27-21(12-14-7-9-15(10-8-14)26(29)30)24-25-22(28)17-13-19(20-6-3-11-31-20)23-18-5-2-1-4-16(17)18/h1-11,13H,12H2,(H,24,27)(H,25,28). The van der Waals surface area contributed by atoms with Gasteiger partial charge in [-0.25, -0.2) is 4.98 Å². The Kier molecular flexibility index (Phi) is 5.39. The molecule has 0 unspecified atom stereocenters. The first-order valence-electron chi connectivity index (χ1n) is 9.27. The summed E-state index contributed by atoms with van der Waals surface area (Å²) in [5.41, 5.74) is 6.72. The lowest BCUT2D eigenvalue weighted by atomic mass is 10.1. The molecule has 0 aliphatic rings. The zero-order chi connectivity index (χ0) is 21.8. The Hall–Kier alpha value is -4.53. The highest BCUT2D eigenvalue weighted by Crippen LogP contribution is 2.25. The van der Waals surface area contributed by atoms with Gasteiger partial charge in [0, 0.05) is 17.5 Å². The van der Waals surface area contributed by atoms with E-state index in [4.69, 9.17) is 4.42 Å². The van der Waals surface area contributed by atoms with Crippen molar-refractivity contribution in [1.29, 1.82) is 0 Å². The number of nitro groups is 1. The molecule has 9 nitrogen and oxygen atoms in total. The molecule has 0 saturated heterocycles. The first-order valence-corrected chi connectivity index (χ1v) is 9.27. The van der Waals surface area contributed by atoms with Crippen LogP contribution in [0.3, 0.4) is 0 Å². The van der Waals surface area contributed by atoms with E-state index in [-0.39, 0.29) is 12.1 Å². The van der Waals surface area contributed by atoms with Crippen molar-refractivity contribution in [2.24, 2.45) is 0 Å². The fourth-order valence-electron chi connectivity index (χ4n) is 3.07. The van der Waals surface area contributed by atoms with Crippen LogP contribution in [0, 0.1) is 10.1 Å². The van der Waals surface area contributed by atoms with Gasteiger partial charge in [0.25, 0.3) is 11.6 Å². The molecule has 0 saturated carbocycles. The third kappa shape index (κ3) is 4.40. The van der Waals surface area contributed by atoms with Crippen LogP contribution >= 0.6 is 0 Å². The van der Waals surface area contributed by atoms with E-state index in [1.165, 1.54) is 30.5 Å². The Balaban J connectivity index is 1.49. The lowest BCUT2D eigenvalue weighted by Gasteiger charge is -2.11. The molecule has 0 atom stereocenters. The summed E-state index contributed by atoms with van der Waals surface area (Å²) in [4.78, 5) is 39.7. The van der Waals surface area contributed by atoms with Crippen LogP contribution in [0.4, 0.5) is 5.69 Å². The minimum absolute atomic E-state index is 0.0486. The Labute approximate surface area is 175 Å². The molecule has 0 aliphatic heterocycles. The second kappa shape index (κ2) is 8.46. The summed E-state index contributed by atoms with van der Waals surface area (Å²) in [6.45, 7) is 0. The highest BCUT2D eigenvalue weighted by Gasteiger charge is 2.16. The molecular weight excluding hydrogens is 400 g/mol. The topological polar surface area (TPSA) is 127 Å². The predicted octanol–water partition coefficient (Wildman–Crippen LogP) is 3.41. The molecule has 4 aromatic rings. The van der Waals surface area contributed by atoms with Gasteiger partial charge in [-0.1, -0.05) is 30.3 Å².